The number of hydrogen-bond acceptors (Lipinski definition) is 2. The second-order valence-electron chi connectivity index (χ2n) is 9.51. The van der Waals surface area contributed by atoms with Crippen molar-refractivity contribution in [3.05, 3.63) is 156 Å². The van der Waals surface area contributed by atoms with E-state index in [4.69, 9.17) is 9.84 Å². The van der Waals surface area contributed by atoms with E-state index in [0.717, 1.165) is 39.3 Å². The molecule has 40 heavy (non-hydrogen) atoms. The fourth-order valence-corrected chi connectivity index (χ4v) is 4.90. The first-order chi connectivity index (χ1) is 19.1. The Morgan fingerprint density at radius 3 is 2.05 bits per heavy atom. The molecule has 6 aromatic rings. The van der Waals surface area contributed by atoms with Crippen molar-refractivity contribution in [1.29, 1.82) is 0 Å². The second-order valence-corrected chi connectivity index (χ2v) is 9.51. The molecule has 1 aromatic heterocycles. The van der Waals surface area contributed by atoms with E-state index in [1.165, 1.54) is 11.1 Å². The van der Waals surface area contributed by atoms with Gasteiger partial charge < -0.3 is 4.74 Å². The number of ether oxygens (including phenoxy) is 1. The van der Waals surface area contributed by atoms with Gasteiger partial charge in [-0.15, -0.1) is 30.3 Å². The Balaban J connectivity index is 0.00000323. The molecule has 0 aliphatic rings. The SMILES string of the molecule is Cc1nn(-c2[c-]c(Cc3[c-]c(Oc4[c-]cccc4)ccc3)ccc2)c(C)c1-c1ccc(-c2ccccc2)cc1.[Pt]. The Labute approximate surface area is 250 Å². The molecule has 0 aliphatic heterocycles. The minimum atomic E-state index is 0. The number of benzene rings is 5. The average molecular weight is 699 g/mol. The van der Waals surface area contributed by atoms with Crippen LogP contribution in [0.25, 0.3) is 27.9 Å². The van der Waals surface area contributed by atoms with Crippen molar-refractivity contribution >= 4 is 0 Å². The number of rotatable bonds is 7. The molecule has 200 valence electrons. The molecule has 5 aromatic carbocycles. The van der Waals surface area contributed by atoms with Crippen LogP contribution in [0.3, 0.4) is 0 Å². The Morgan fingerprint density at radius 1 is 0.650 bits per heavy atom. The first-order valence-corrected chi connectivity index (χ1v) is 13.0. The van der Waals surface area contributed by atoms with Gasteiger partial charge in [-0.05, 0) is 42.6 Å². The van der Waals surface area contributed by atoms with Crippen LogP contribution >= 0.6 is 0 Å². The summed E-state index contributed by atoms with van der Waals surface area (Å²) in [7, 11) is 0. The summed E-state index contributed by atoms with van der Waals surface area (Å²) in [5.74, 6) is 1.35. The van der Waals surface area contributed by atoms with Crippen LogP contribution in [0.1, 0.15) is 22.5 Å². The maximum Gasteiger partial charge on any atom is 0.0678 e. The van der Waals surface area contributed by atoms with Gasteiger partial charge in [0.25, 0.3) is 0 Å². The van der Waals surface area contributed by atoms with Crippen molar-refractivity contribution in [2.45, 2.75) is 20.3 Å². The van der Waals surface area contributed by atoms with E-state index >= 15 is 0 Å². The molecule has 1 heterocycles. The number of aryl methyl sites for hydroxylation is 1. The topological polar surface area (TPSA) is 27.1 Å². The van der Waals surface area contributed by atoms with Gasteiger partial charge in [0.2, 0.25) is 0 Å². The molecule has 0 saturated carbocycles. The predicted molar refractivity (Wildman–Crippen MR) is 156 cm³/mol. The van der Waals surface area contributed by atoms with Crippen LogP contribution in [0, 0.1) is 32.0 Å². The van der Waals surface area contributed by atoms with Crippen molar-refractivity contribution in [1.82, 2.24) is 9.78 Å². The maximum atomic E-state index is 5.92. The summed E-state index contributed by atoms with van der Waals surface area (Å²) in [5.41, 5.74) is 9.84. The molecule has 3 nitrogen and oxygen atoms in total. The van der Waals surface area contributed by atoms with Gasteiger partial charge in [0.05, 0.1) is 5.69 Å². The summed E-state index contributed by atoms with van der Waals surface area (Å²) in [6.07, 6.45) is 0.691. The van der Waals surface area contributed by atoms with E-state index in [9.17, 15) is 0 Å². The van der Waals surface area contributed by atoms with Gasteiger partial charge in [-0.1, -0.05) is 54.6 Å². The molecule has 0 amide bonds. The van der Waals surface area contributed by atoms with Crippen molar-refractivity contribution in [2.75, 3.05) is 0 Å². The Kier molecular flexibility index (Phi) is 8.43. The molecule has 4 heteroatoms. The molecule has 6 rings (SSSR count). The van der Waals surface area contributed by atoms with Crippen molar-refractivity contribution < 1.29 is 25.8 Å². The van der Waals surface area contributed by atoms with E-state index in [1.54, 1.807) is 0 Å². The molecular weight excluding hydrogens is 671 g/mol. The Hall–Kier alpha value is -4.20. The van der Waals surface area contributed by atoms with E-state index in [1.807, 2.05) is 47.1 Å². The third kappa shape index (κ3) is 6.01. The van der Waals surface area contributed by atoms with Crippen LogP contribution in [-0.4, -0.2) is 9.78 Å². The summed E-state index contributed by atoms with van der Waals surface area (Å²) < 4.78 is 7.91. The molecule has 0 saturated heterocycles. The van der Waals surface area contributed by atoms with Gasteiger partial charge in [-0.3, -0.25) is 4.68 Å². The zero-order valence-electron chi connectivity index (χ0n) is 22.3. The molecule has 0 spiro atoms. The summed E-state index contributed by atoms with van der Waals surface area (Å²) in [6.45, 7) is 4.19. The normalized spacial score (nSPS) is 10.7. The van der Waals surface area contributed by atoms with Gasteiger partial charge in [-0.25, -0.2) is 0 Å². The van der Waals surface area contributed by atoms with E-state index in [2.05, 4.69) is 105 Å². The van der Waals surface area contributed by atoms with Crippen molar-refractivity contribution in [3.63, 3.8) is 0 Å². The van der Waals surface area contributed by atoms with Gasteiger partial charge in [0.15, 0.2) is 0 Å². The molecular formula is C36H27N2OPt-3. The first-order valence-electron chi connectivity index (χ1n) is 13.0. The zero-order chi connectivity index (χ0) is 26.6. The average Bonchev–Trinajstić information content (AvgIpc) is 3.28. The van der Waals surface area contributed by atoms with Gasteiger partial charge in [0, 0.05) is 43.8 Å². The fourth-order valence-electron chi connectivity index (χ4n) is 4.90. The zero-order valence-corrected chi connectivity index (χ0v) is 24.6. The molecule has 0 unspecified atom stereocenters. The number of nitrogens with zero attached hydrogens (tertiary/aromatic N) is 2. The van der Waals surface area contributed by atoms with Crippen molar-refractivity contribution in [2.24, 2.45) is 0 Å². The maximum absolute atomic E-state index is 5.92. The summed E-state index contributed by atoms with van der Waals surface area (Å²) in [6, 6.07) is 48.9. The molecule has 0 atom stereocenters. The minimum Gasteiger partial charge on any atom is -0.509 e. The first kappa shape index (κ1) is 27.4. The predicted octanol–water partition coefficient (Wildman–Crippen LogP) is 8.60. The van der Waals surface area contributed by atoms with Gasteiger partial charge in [0.1, 0.15) is 0 Å². The molecule has 0 radical (unpaired) electrons. The number of hydrogen-bond donors (Lipinski definition) is 0. The monoisotopic (exact) mass is 698 g/mol. The van der Waals surface area contributed by atoms with E-state index in [0.29, 0.717) is 17.9 Å². The van der Waals surface area contributed by atoms with Crippen LogP contribution in [0.5, 0.6) is 11.5 Å². The molecule has 0 aliphatic carbocycles. The van der Waals surface area contributed by atoms with Crippen LogP contribution in [0.4, 0.5) is 0 Å². The summed E-state index contributed by atoms with van der Waals surface area (Å²) >= 11 is 0. The van der Waals surface area contributed by atoms with Crippen molar-refractivity contribution in [3.8, 4) is 39.4 Å². The summed E-state index contributed by atoms with van der Waals surface area (Å²) in [4.78, 5) is 0. The number of aromatic nitrogens is 2. The minimum absolute atomic E-state index is 0. The molecule has 0 bridgehead atoms. The Morgan fingerprint density at radius 2 is 1.30 bits per heavy atom. The van der Waals surface area contributed by atoms with Crippen LogP contribution in [0.15, 0.2) is 115 Å². The van der Waals surface area contributed by atoms with Gasteiger partial charge in [-0.2, -0.15) is 64.8 Å². The van der Waals surface area contributed by atoms with Gasteiger partial charge >= 0.3 is 0 Å². The van der Waals surface area contributed by atoms with E-state index in [-0.39, 0.29) is 21.1 Å². The Bertz CT molecular complexity index is 1710. The third-order valence-electron chi connectivity index (χ3n) is 6.75. The van der Waals surface area contributed by atoms with Crippen LogP contribution in [-0.2, 0) is 27.5 Å². The van der Waals surface area contributed by atoms with Crippen LogP contribution in [0.2, 0.25) is 0 Å². The standard InChI is InChI=1S/C36H27N2O.Pt/c1-26-36(32-21-19-31(20-22-32)30-13-5-3-6-14-30)27(2)38(37-26)33-15-9-11-28(24-33)23-29-12-10-18-35(25-29)39-34-16-7-4-8-17-34;/h3-16,18-22H,23H2,1-2H3;/q-3;. The molecule has 0 fully saturated rings. The molecule has 0 N–H and O–H groups in total. The third-order valence-corrected chi connectivity index (χ3v) is 6.75. The van der Waals surface area contributed by atoms with E-state index < -0.39 is 0 Å². The largest absolute Gasteiger partial charge is 0.509 e. The fraction of sp³-hybridized carbons (Fsp3) is 0.0833. The summed E-state index contributed by atoms with van der Waals surface area (Å²) in [5, 5.41) is 4.90. The van der Waals surface area contributed by atoms with Crippen LogP contribution < -0.4 is 4.74 Å². The smallest absolute Gasteiger partial charge is 0.0678 e. The number of para-hydroxylation sites is 1. The quantitative estimate of drug-likeness (QED) is 0.156. The second kappa shape index (κ2) is 12.3.